The summed E-state index contributed by atoms with van der Waals surface area (Å²) in [4.78, 5) is 24.5. The van der Waals surface area contributed by atoms with Crippen molar-refractivity contribution in [1.82, 2.24) is 4.90 Å². The van der Waals surface area contributed by atoms with Gasteiger partial charge in [-0.25, -0.2) is 0 Å². The lowest BCUT2D eigenvalue weighted by Gasteiger charge is -2.30. The lowest BCUT2D eigenvalue weighted by molar-refractivity contribution is -0.384. The largest absolute Gasteiger partial charge is 0.494 e. The van der Waals surface area contributed by atoms with Crippen molar-refractivity contribution < 1.29 is 14.5 Å². The first-order valence-corrected chi connectivity index (χ1v) is 7.34. The van der Waals surface area contributed by atoms with Crippen molar-refractivity contribution in [3.63, 3.8) is 0 Å². The number of carbonyl (C=O) groups excluding carboxylic acids is 1. The van der Waals surface area contributed by atoms with Gasteiger partial charge in [0.15, 0.2) is 0 Å². The Morgan fingerprint density at radius 1 is 1.55 bits per heavy atom. The Hall–Kier alpha value is -2.15. The number of ether oxygens (including phenoxy) is 1. The van der Waals surface area contributed by atoms with Gasteiger partial charge in [0.25, 0.3) is 5.69 Å². The molecule has 1 fully saturated rings. The van der Waals surface area contributed by atoms with Crippen LogP contribution in [0.25, 0.3) is 0 Å². The minimum atomic E-state index is -0.497. The van der Waals surface area contributed by atoms with Gasteiger partial charge in [0.1, 0.15) is 5.75 Å². The first kappa shape index (κ1) is 16.2. The van der Waals surface area contributed by atoms with Crippen LogP contribution in [0.3, 0.4) is 0 Å². The highest BCUT2D eigenvalue weighted by Gasteiger charge is 2.19. The lowest BCUT2D eigenvalue weighted by Crippen LogP contribution is -2.39. The monoisotopic (exact) mass is 307 g/mol. The predicted molar refractivity (Wildman–Crippen MR) is 83.1 cm³/mol. The number of hydrogen-bond acceptors (Lipinski definition) is 5. The molecular formula is C15H21N3O4. The summed E-state index contributed by atoms with van der Waals surface area (Å²) < 4.78 is 5.11. The van der Waals surface area contributed by atoms with Gasteiger partial charge < -0.3 is 10.1 Å². The standard InChI is InChI=1S/C15H21N3O4/c1-11-4-3-7-17(9-11)10-15(19)16-13-6-5-12(18(20)21)8-14(13)22-2/h5-6,8,11H,3-4,7,9-10H2,1-2H3,(H,16,19)/t11-/m1/s1. The summed E-state index contributed by atoms with van der Waals surface area (Å²) in [7, 11) is 1.42. The number of nitrogens with one attached hydrogen (secondary N) is 1. The second-order valence-electron chi connectivity index (χ2n) is 5.67. The normalized spacial score (nSPS) is 18.7. The molecule has 1 aromatic rings. The number of likely N-dealkylation sites (tertiary alicyclic amines) is 1. The van der Waals surface area contributed by atoms with Crippen LogP contribution in [0, 0.1) is 16.0 Å². The third-order valence-electron chi connectivity index (χ3n) is 3.78. The molecule has 0 bridgehead atoms. The Kier molecular flexibility index (Phi) is 5.32. The first-order valence-electron chi connectivity index (χ1n) is 7.34. The Bertz CT molecular complexity index is 562. The fourth-order valence-electron chi connectivity index (χ4n) is 2.72. The molecule has 7 heteroatoms. The molecule has 1 aromatic carbocycles. The van der Waals surface area contributed by atoms with Crippen molar-refractivity contribution in [3.8, 4) is 5.75 Å². The summed E-state index contributed by atoms with van der Waals surface area (Å²) in [5.41, 5.74) is 0.378. The van der Waals surface area contributed by atoms with Gasteiger partial charge in [0.05, 0.1) is 30.3 Å². The van der Waals surface area contributed by atoms with E-state index in [0.29, 0.717) is 18.2 Å². The number of carbonyl (C=O) groups is 1. The molecule has 0 aliphatic carbocycles. The maximum Gasteiger partial charge on any atom is 0.273 e. The first-order chi connectivity index (χ1) is 10.5. The third kappa shape index (κ3) is 4.17. The molecule has 1 N–H and O–H groups in total. The van der Waals surface area contributed by atoms with Crippen LogP contribution in [0.15, 0.2) is 18.2 Å². The molecule has 1 amide bonds. The molecule has 120 valence electrons. The van der Waals surface area contributed by atoms with Gasteiger partial charge in [0, 0.05) is 12.6 Å². The molecular weight excluding hydrogens is 286 g/mol. The number of nitrogens with zero attached hydrogens (tertiary/aromatic N) is 2. The molecule has 0 spiro atoms. The number of rotatable bonds is 5. The Morgan fingerprint density at radius 2 is 2.32 bits per heavy atom. The molecule has 0 radical (unpaired) electrons. The van der Waals surface area contributed by atoms with E-state index in [-0.39, 0.29) is 17.3 Å². The number of nitro groups is 1. The number of methoxy groups -OCH3 is 1. The third-order valence-corrected chi connectivity index (χ3v) is 3.78. The topological polar surface area (TPSA) is 84.7 Å². The van der Waals surface area contributed by atoms with Crippen molar-refractivity contribution in [1.29, 1.82) is 0 Å². The SMILES string of the molecule is COc1cc([N+](=O)[O-])ccc1NC(=O)CN1CCC[C@@H](C)C1. The van der Waals surface area contributed by atoms with E-state index in [1.54, 1.807) is 0 Å². The highest BCUT2D eigenvalue weighted by Crippen LogP contribution is 2.29. The van der Waals surface area contributed by atoms with Gasteiger partial charge in [0.2, 0.25) is 5.91 Å². The summed E-state index contributed by atoms with van der Waals surface area (Å²) in [6.07, 6.45) is 2.31. The van der Waals surface area contributed by atoms with Gasteiger partial charge >= 0.3 is 0 Å². The van der Waals surface area contributed by atoms with E-state index in [1.165, 1.54) is 31.7 Å². The maximum atomic E-state index is 12.1. The van der Waals surface area contributed by atoms with Gasteiger partial charge in [-0.2, -0.15) is 0 Å². The summed E-state index contributed by atoms with van der Waals surface area (Å²) in [6.45, 7) is 4.36. The van der Waals surface area contributed by atoms with Crippen molar-refractivity contribution in [2.45, 2.75) is 19.8 Å². The molecule has 7 nitrogen and oxygen atoms in total. The summed E-state index contributed by atoms with van der Waals surface area (Å²) in [6, 6.07) is 4.15. The summed E-state index contributed by atoms with van der Waals surface area (Å²) in [5.74, 6) is 0.756. The van der Waals surface area contributed by atoms with E-state index >= 15 is 0 Å². The van der Waals surface area contributed by atoms with E-state index in [4.69, 9.17) is 4.74 Å². The second kappa shape index (κ2) is 7.22. The quantitative estimate of drug-likeness (QED) is 0.666. The van der Waals surface area contributed by atoms with Gasteiger partial charge in [-0.1, -0.05) is 6.92 Å². The zero-order valence-corrected chi connectivity index (χ0v) is 12.9. The van der Waals surface area contributed by atoms with E-state index in [9.17, 15) is 14.9 Å². The number of hydrogen-bond donors (Lipinski definition) is 1. The van der Waals surface area contributed by atoms with Crippen LogP contribution < -0.4 is 10.1 Å². The van der Waals surface area contributed by atoms with Gasteiger partial charge in [-0.3, -0.25) is 19.8 Å². The highest BCUT2D eigenvalue weighted by atomic mass is 16.6. The molecule has 1 atom stereocenters. The van der Waals surface area contributed by atoms with E-state index < -0.39 is 4.92 Å². The molecule has 1 heterocycles. The van der Waals surface area contributed by atoms with Crippen molar-refractivity contribution in [2.75, 3.05) is 32.1 Å². The summed E-state index contributed by atoms with van der Waals surface area (Å²) in [5, 5.41) is 13.5. The molecule has 2 rings (SSSR count). The fraction of sp³-hybridized carbons (Fsp3) is 0.533. The van der Waals surface area contributed by atoms with E-state index in [0.717, 1.165) is 19.5 Å². The number of piperidine rings is 1. The van der Waals surface area contributed by atoms with E-state index in [1.807, 2.05) is 0 Å². The van der Waals surface area contributed by atoms with Gasteiger partial charge in [-0.05, 0) is 31.4 Å². The number of nitro benzene ring substituents is 1. The number of amides is 1. The number of benzene rings is 1. The summed E-state index contributed by atoms with van der Waals surface area (Å²) >= 11 is 0. The van der Waals surface area contributed by atoms with Crippen molar-refractivity contribution in [3.05, 3.63) is 28.3 Å². The van der Waals surface area contributed by atoms with Crippen LogP contribution in [0.1, 0.15) is 19.8 Å². The average molecular weight is 307 g/mol. The zero-order chi connectivity index (χ0) is 16.1. The molecule has 1 saturated heterocycles. The van der Waals surface area contributed by atoms with E-state index in [2.05, 4.69) is 17.1 Å². The van der Waals surface area contributed by atoms with Crippen LogP contribution in [0.2, 0.25) is 0 Å². The van der Waals surface area contributed by atoms with Crippen LogP contribution in [0.4, 0.5) is 11.4 Å². The van der Waals surface area contributed by atoms with Crippen LogP contribution in [-0.4, -0.2) is 42.5 Å². The van der Waals surface area contributed by atoms with Gasteiger partial charge in [-0.15, -0.1) is 0 Å². The highest BCUT2D eigenvalue weighted by molar-refractivity contribution is 5.93. The fourth-order valence-corrected chi connectivity index (χ4v) is 2.72. The maximum absolute atomic E-state index is 12.1. The molecule has 0 aromatic heterocycles. The zero-order valence-electron chi connectivity index (χ0n) is 12.9. The number of non-ortho nitro benzene ring substituents is 1. The van der Waals surface area contributed by atoms with Crippen molar-refractivity contribution >= 4 is 17.3 Å². The molecule has 1 aliphatic heterocycles. The molecule has 0 saturated carbocycles. The average Bonchev–Trinajstić information content (AvgIpc) is 2.47. The lowest BCUT2D eigenvalue weighted by atomic mass is 10.0. The Morgan fingerprint density at radius 3 is 2.95 bits per heavy atom. The molecule has 0 unspecified atom stereocenters. The predicted octanol–water partition coefficient (Wildman–Crippen LogP) is 2.27. The molecule has 1 aliphatic rings. The Balaban J connectivity index is 2.00. The van der Waals surface area contributed by atoms with Crippen molar-refractivity contribution in [2.24, 2.45) is 5.92 Å². The molecule has 22 heavy (non-hydrogen) atoms. The van der Waals surface area contributed by atoms with Crippen LogP contribution >= 0.6 is 0 Å². The number of anilines is 1. The van der Waals surface area contributed by atoms with Crippen LogP contribution in [-0.2, 0) is 4.79 Å². The minimum absolute atomic E-state index is 0.0697. The second-order valence-corrected chi connectivity index (χ2v) is 5.67. The smallest absolute Gasteiger partial charge is 0.273 e. The van der Waals surface area contributed by atoms with Crippen LogP contribution in [0.5, 0.6) is 5.75 Å². The Labute approximate surface area is 129 Å². The minimum Gasteiger partial charge on any atom is -0.494 e.